The lowest BCUT2D eigenvalue weighted by Gasteiger charge is -2.25. The molecule has 0 spiro atoms. The van der Waals surface area contributed by atoms with Crippen LogP contribution in [0.25, 0.3) is 22.5 Å². The molecule has 1 atom stereocenters. The van der Waals surface area contributed by atoms with Crippen molar-refractivity contribution >= 4 is 11.7 Å². The van der Waals surface area contributed by atoms with Crippen molar-refractivity contribution in [1.29, 1.82) is 0 Å². The maximum atomic E-state index is 11.2. The third-order valence-electron chi connectivity index (χ3n) is 5.62. The first kappa shape index (κ1) is 20.1. The zero-order chi connectivity index (χ0) is 21.3. The molecule has 1 heterocycles. The lowest BCUT2D eigenvalue weighted by molar-refractivity contribution is -0.137. The fraction of sp³-hybridized carbons (Fsp3) is 0.304. The van der Waals surface area contributed by atoms with Crippen molar-refractivity contribution in [3.63, 3.8) is 0 Å². The van der Waals surface area contributed by atoms with E-state index in [1.165, 1.54) is 5.56 Å². The molecule has 0 saturated heterocycles. The molecule has 2 aromatic carbocycles. The van der Waals surface area contributed by atoms with Crippen molar-refractivity contribution in [2.75, 3.05) is 5.32 Å². The van der Waals surface area contributed by atoms with Gasteiger partial charge in [0, 0.05) is 5.56 Å². The molecular weight excluding hydrogens is 384 g/mol. The van der Waals surface area contributed by atoms with Gasteiger partial charge in [-0.1, -0.05) is 47.6 Å². The van der Waals surface area contributed by atoms with Crippen molar-refractivity contribution in [3.8, 4) is 22.5 Å². The third-order valence-corrected chi connectivity index (χ3v) is 5.62. The predicted molar refractivity (Wildman–Crippen MR) is 112 cm³/mol. The highest BCUT2D eigenvalue weighted by Crippen LogP contribution is 2.37. The standard InChI is InChI=1S/C23H24N2O5/c1-13-21(24-23(28)29)22(30-25-13)15-7-5-14(6-8-15)16-9-10-19-17(11-16)3-2-4-18(19)12-20(26)27/h5-11,18,23-24,28-29H,2-4,12H2,1H3,(H,26,27). The minimum Gasteiger partial charge on any atom is -0.481 e. The van der Waals surface area contributed by atoms with Crippen LogP contribution in [0.15, 0.2) is 47.0 Å². The summed E-state index contributed by atoms with van der Waals surface area (Å²) in [5, 5.41) is 34.0. The summed E-state index contributed by atoms with van der Waals surface area (Å²) in [6.07, 6.45) is 1.36. The van der Waals surface area contributed by atoms with E-state index in [1.807, 2.05) is 30.3 Å². The number of hydrogen-bond donors (Lipinski definition) is 4. The van der Waals surface area contributed by atoms with Crippen LogP contribution < -0.4 is 5.32 Å². The van der Waals surface area contributed by atoms with Crippen LogP contribution >= 0.6 is 0 Å². The predicted octanol–water partition coefficient (Wildman–Crippen LogP) is 3.89. The Bertz CT molecular complexity index is 1060. The Morgan fingerprint density at radius 3 is 2.57 bits per heavy atom. The number of aryl methyl sites for hydroxylation is 2. The van der Waals surface area contributed by atoms with Crippen molar-refractivity contribution in [2.45, 2.75) is 44.9 Å². The van der Waals surface area contributed by atoms with E-state index in [4.69, 9.17) is 9.63 Å². The van der Waals surface area contributed by atoms with E-state index >= 15 is 0 Å². The molecule has 1 aromatic heterocycles. The van der Waals surface area contributed by atoms with Crippen molar-refractivity contribution < 1.29 is 24.6 Å². The summed E-state index contributed by atoms with van der Waals surface area (Å²) in [4.78, 5) is 11.2. The second-order valence-corrected chi connectivity index (χ2v) is 7.67. The fourth-order valence-corrected chi connectivity index (χ4v) is 4.20. The van der Waals surface area contributed by atoms with Gasteiger partial charge in [-0.05, 0) is 54.4 Å². The van der Waals surface area contributed by atoms with E-state index in [1.54, 1.807) is 6.92 Å². The molecule has 0 radical (unpaired) electrons. The molecule has 4 N–H and O–H groups in total. The molecule has 1 unspecified atom stereocenters. The van der Waals surface area contributed by atoms with Crippen LogP contribution in [0.2, 0.25) is 0 Å². The zero-order valence-electron chi connectivity index (χ0n) is 16.6. The molecule has 4 rings (SSSR count). The van der Waals surface area contributed by atoms with E-state index in [0.29, 0.717) is 17.1 Å². The average molecular weight is 408 g/mol. The lowest BCUT2D eigenvalue weighted by Crippen LogP contribution is -2.17. The summed E-state index contributed by atoms with van der Waals surface area (Å²) in [5.74, 6) is -0.225. The van der Waals surface area contributed by atoms with E-state index in [0.717, 1.165) is 41.5 Å². The Kier molecular flexibility index (Phi) is 5.57. The Morgan fingerprint density at radius 2 is 1.87 bits per heavy atom. The summed E-state index contributed by atoms with van der Waals surface area (Å²) < 4.78 is 5.36. The molecule has 7 heteroatoms. The first-order chi connectivity index (χ1) is 14.4. The van der Waals surface area contributed by atoms with Crippen molar-refractivity contribution in [1.82, 2.24) is 5.16 Å². The number of nitrogens with one attached hydrogen (secondary N) is 1. The second kappa shape index (κ2) is 8.30. The maximum Gasteiger partial charge on any atom is 0.303 e. The van der Waals surface area contributed by atoms with Crippen LogP contribution in [0.5, 0.6) is 0 Å². The maximum absolute atomic E-state index is 11.2. The van der Waals surface area contributed by atoms with Crippen LogP contribution in [-0.4, -0.2) is 32.9 Å². The molecule has 0 aliphatic heterocycles. The Hall–Kier alpha value is -3.16. The monoisotopic (exact) mass is 408 g/mol. The van der Waals surface area contributed by atoms with Crippen molar-refractivity contribution in [2.24, 2.45) is 0 Å². The van der Waals surface area contributed by atoms with Gasteiger partial charge in [-0.15, -0.1) is 0 Å². The summed E-state index contributed by atoms with van der Waals surface area (Å²) >= 11 is 0. The summed E-state index contributed by atoms with van der Waals surface area (Å²) in [7, 11) is 0. The topological polar surface area (TPSA) is 116 Å². The number of hydrogen-bond acceptors (Lipinski definition) is 6. The van der Waals surface area contributed by atoms with Crippen LogP contribution in [0.3, 0.4) is 0 Å². The number of aromatic nitrogens is 1. The number of aliphatic carboxylic acids is 1. The Labute approximate surface area is 174 Å². The van der Waals surface area contributed by atoms with E-state index < -0.39 is 12.4 Å². The number of anilines is 1. The molecule has 3 aromatic rings. The third kappa shape index (κ3) is 4.08. The highest BCUT2D eigenvalue weighted by molar-refractivity contribution is 5.77. The molecule has 7 nitrogen and oxygen atoms in total. The fourth-order valence-electron chi connectivity index (χ4n) is 4.20. The van der Waals surface area contributed by atoms with Gasteiger partial charge in [0.05, 0.1) is 6.42 Å². The van der Waals surface area contributed by atoms with Gasteiger partial charge in [-0.3, -0.25) is 4.79 Å². The van der Waals surface area contributed by atoms with Crippen LogP contribution in [0, 0.1) is 6.92 Å². The van der Waals surface area contributed by atoms with E-state index in [9.17, 15) is 15.0 Å². The highest BCUT2D eigenvalue weighted by atomic mass is 16.5. The summed E-state index contributed by atoms with van der Waals surface area (Å²) in [6, 6.07) is 14.0. The number of aliphatic hydroxyl groups is 2. The Balaban J connectivity index is 1.60. The molecular formula is C23H24N2O5. The number of aliphatic hydroxyl groups excluding tert-OH is 1. The normalized spacial score (nSPS) is 15.8. The van der Waals surface area contributed by atoms with Crippen molar-refractivity contribution in [3.05, 3.63) is 59.3 Å². The van der Waals surface area contributed by atoms with E-state index in [-0.39, 0.29) is 12.3 Å². The molecule has 1 aliphatic rings. The largest absolute Gasteiger partial charge is 0.481 e. The van der Waals surface area contributed by atoms with Gasteiger partial charge >= 0.3 is 5.97 Å². The smallest absolute Gasteiger partial charge is 0.303 e. The minimum absolute atomic E-state index is 0.0881. The number of rotatable bonds is 6. The van der Waals surface area contributed by atoms with Gasteiger partial charge in [0.25, 0.3) is 0 Å². The first-order valence-electron chi connectivity index (χ1n) is 9.96. The van der Waals surface area contributed by atoms with Gasteiger partial charge in [0.2, 0.25) is 6.41 Å². The molecule has 0 saturated carbocycles. The van der Waals surface area contributed by atoms with Gasteiger partial charge in [0.1, 0.15) is 11.4 Å². The van der Waals surface area contributed by atoms with Gasteiger partial charge in [0.15, 0.2) is 5.76 Å². The number of carboxylic acids is 1. The minimum atomic E-state index is -1.71. The van der Waals surface area contributed by atoms with E-state index in [2.05, 4.69) is 22.6 Å². The Morgan fingerprint density at radius 1 is 1.17 bits per heavy atom. The van der Waals surface area contributed by atoms with Crippen LogP contribution in [-0.2, 0) is 11.2 Å². The summed E-state index contributed by atoms with van der Waals surface area (Å²) in [6.45, 7) is 1.72. The number of carboxylic acid groups (broad SMARTS) is 1. The molecule has 156 valence electrons. The van der Waals surface area contributed by atoms with Gasteiger partial charge in [-0.2, -0.15) is 0 Å². The zero-order valence-corrected chi connectivity index (χ0v) is 16.6. The van der Waals surface area contributed by atoms with Gasteiger partial charge in [-0.25, -0.2) is 0 Å². The average Bonchev–Trinajstić information content (AvgIpc) is 3.07. The lowest BCUT2D eigenvalue weighted by atomic mass is 9.80. The van der Waals surface area contributed by atoms with Crippen LogP contribution in [0.1, 0.15) is 42.0 Å². The van der Waals surface area contributed by atoms with Gasteiger partial charge < -0.3 is 25.2 Å². The highest BCUT2D eigenvalue weighted by Gasteiger charge is 2.23. The molecule has 0 fully saturated rings. The second-order valence-electron chi connectivity index (χ2n) is 7.67. The molecule has 30 heavy (non-hydrogen) atoms. The molecule has 1 aliphatic carbocycles. The molecule has 0 bridgehead atoms. The number of nitrogens with zero attached hydrogens (tertiary/aromatic N) is 1. The molecule has 0 amide bonds. The SMILES string of the molecule is Cc1noc(-c2ccc(-c3ccc4c(c3)CCCC4CC(=O)O)cc2)c1NC(O)O. The number of carbonyl (C=O) groups is 1. The summed E-state index contributed by atoms with van der Waals surface area (Å²) in [5.41, 5.74) is 6.23. The number of fused-ring (bicyclic) bond motifs is 1. The quantitative estimate of drug-likeness (QED) is 0.457. The van der Waals surface area contributed by atoms with Crippen LogP contribution in [0.4, 0.5) is 5.69 Å². The number of benzene rings is 2. The first-order valence-corrected chi connectivity index (χ1v) is 9.96.